The fourth-order valence-corrected chi connectivity index (χ4v) is 5.49. The lowest BCUT2D eigenvalue weighted by molar-refractivity contribution is 0.154. The standard InChI is InChI=1S/C35H64O2/c1-8-10-12-13-14-16-26-37-35-32(7)31(6)34(36)27-33(35)25-24-30(5)23-18-22-29(4)21-17-20-28(3)19-15-11-9-2/h19,27,29-31,34,36H,8-18,20-26H2,1-7H3. The lowest BCUT2D eigenvalue weighted by Gasteiger charge is -2.29. The van der Waals surface area contributed by atoms with Crippen LogP contribution in [0.2, 0.25) is 0 Å². The second kappa shape index (κ2) is 20.9. The van der Waals surface area contributed by atoms with Crippen LogP contribution in [0.1, 0.15) is 158 Å². The van der Waals surface area contributed by atoms with E-state index in [4.69, 9.17) is 4.74 Å². The van der Waals surface area contributed by atoms with E-state index in [1.165, 1.54) is 107 Å². The summed E-state index contributed by atoms with van der Waals surface area (Å²) in [6.07, 6.45) is 25.9. The maximum atomic E-state index is 10.6. The van der Waals surface area contributed by atoms with Crippen molar-refractivity contribution in [2.45, 2.75) is 164 Å². The number of allylic oxidation sites excluding steroid dienone is 3. The van der Waals surface area contributed by atoms with Gasteiger partial charge in [-0.3, -0.25) is 0 Å². The molecular formula is C35H64O2. The van der Waals surface area contributed by atoms with Crippen LogP contribution >= 0.6 is 0 Å². The molecule has 0 amide bonds. The largest absolute Gasteiger partial charge is 0.493 e. The van der Waals surface area contributed by atoms with Gasteiger partial charge in [0, 0.05) is 5.92 Å². The summed E-state index contributed by atoms with van der Waals surface area (Å²) in [7, 11) is 0. The van der Waals surface area contributed by atoms with Crippen molar-refractivity contribution in [1.82, 2.24) is 0 Å². The molecule has 0 radical (unpaired) electrons. The number of ether oxygens (including phenoxy) is 1. The summed E-state index contributed by atoms with van der Waals surface area (Å²) in [5.41, 5.74) is 4.06. The molecule has 0 spiro atoms. The maximum Gasteiger partial charge on any atom is 0.121 e. The van der Waals surface area contributed by atoms with Crippen LogP contribution in [-0.2, 0) is 4.74 Å². The van der Waals surface area contributed by atoms with Gasteiger partial charge >= 0.3 is 0 Å². The predicted molar refractivity (Wildman–Crippen MR) is 164 cm³/mol. The van der Waals surface area contributed by atoms with Gasteiger partial charge in [0.05, 0.1) is 12.7 Å². The lowest BCUT2D eigenvalue weighted by Crippen LogP contribution is -2.23. The van der Waals surface area contributed by atoms with Crippen LogP contribution in [0.25, 0.3) is 0 Å². The fraction of sp³-hybridized carbons (Fsp3) is 0.829. The molecule has 0 heterocycles. The Labute approximate surface area is 232 Å². The molecule has 4 unspecified atom stereocenters. The van der Waals surface area contributed by atoms with E-state index in [0.717, 1.165) is 31.1 Å². The van der Waals surface area contributed by atoms with Crippen molar-refractivity contribution in [3.63, 3.8) is 0 Å². The molecule has 37 heavy (non-hydrogen) atoms. The summed E-state index contributed by atoms with van der Waals surface area (Å²) < 4.78 is 6.36. The molecule has 0 saturated heterocycles. The smallest absolute Gasteiger partial charge is 0.121 e. The van der Waals surface area contributed by atoms with E-state index in [-0.39, 0.29) is 12.0 Å². The zero-order chi connectivity index (χ0) is 27.5. The van der Waals surface area contributed by atoms with Crippen molar-refractivity contribution in [3.8, 4) is 0 Å². The van der Waals surface area contributed by atoms with Gasteiger partial charge in [0.15, 0.2) is 0 Å². The predicted octanol–water partition coefficient (Wildman–Crippen LogP) is 11.1. The Hall–Kier alpha value is -1.02. The van der Waals surface area contributed by atoms with Crippen molar-refractivity contribution in [2.24, 2.45) is 17.8 Å². The van der Waals surface area contributed by atoms with E-state index in [0.29, 0.717) is 5.92 Å². The molecule has 1 rings (SSSR count). The highest BCUT2D eigenvalue weighted by Gasteiger charge is 2.26. The number of aliphatic hydroxyl groups excluding tert-OH is 1. The summed E-state index contributed by atoms with van der Waals surface area (Å²) in [6.45, 7) is 16.8. The fourth-order valence-electron chi connectivity index (χ4n) is 5.49. The molecule has 2 heteroatoms. The van der Waals surface area contributed by atoms with E-state index in [1.807, 2.05) is 0 Å². The van der Waals surface area contributed by atoms with Gasteiger partial charge in [0.25, 0.3) is 0 Å². The van der Waals surface area contributed by atoms with Crippen molar-refractivity contribution >= 4 is 0 Å². The molecule has 0 aliphatic heterocycles. The monoisotopic (exact) mass is 516 g/mol. The van der Waals surface area contributed by atoms with Gasteiger partial charge in [0.1, 0.15) is 5.76 Å². The number of aliphatic hydroxyl groups is 1. The van der Waals surface area contributed by atoms with Crippen LogP contribution < -0.4 is 0 Å². The number of unbranched alkanes of at least 4 members (excludes halogenated alkanes) is 7. The second-order valence-corrected chi connectivity index (χ2v) is 12.4. The average Bonchev–Trinajstić information content (AvgIpc) is 2.87. The molecule has 1 aliphatic carbocycles. The Bertz CT molecular complexity index is 671. The first-order chi connectivity index (χ1) is 17.8. The Morgan fingerprint density at radius 2 is 1.51 bits per heavy atom. The van der Waals surface area contributed by atoms with Gasteiger partial charge in [-0.1, -0.05) is 117 Å². The summed E-state index contributed by atoms with van der Waals surface area (Å²) >= 11 is 0. The topological polar surface area (TPSA) is 29.5 Å². The zero-order valence-electron chi connectivity index (χ0n) is 26.0. The summed E-state index contributed by atoms with van der Waals surface area (Å²) in [6, 6.07) is 0. The van der Waals surface area contributed by atoms with E-state index in [2.05, 4.69) is 60.6 Å². The third-order valence-corrected chi connectivity index (χ3v) is 8.58. The Kier molecular flexibility index (Phi) is 19.2. The number of hydrogen-bond acceptors (Lipinski definition) is 2. The van der Waals surface area contributed by atoms with E-state index in [9.17, 15) is 5.11 Å². The summed E-state index contributed by atoms with van der Waals surface area (Å²) in [5, 5.41) is 10.6. The molecule has 0 aromatic carbocycles. The molecule has 1 N–H and O–H groups in total. The highest BCUT2D eigenvalue weighted by molar-refractivity contribution is 5.37. The van der Waals surface area contributed by atoms with Crippen LogP contribution in [0.5, 0.6) is 0 Å². The molecule has 0 aromatic heterocycles. The third-order valence-electron chi connectivity index (χ3n) is 8.58. The highest BCUT2D eigenvalue weighted by atomic mass is 16.5. The second-order valence-electron chi connectivity index (χ2n) is 12.4. The molecule has 216 valence electrons. The number of rotatable bonds is 22. The first-order valence-corrected chi connectivity index (χ1v) is 16.2. The minimum absolute atomic E-state index is 0.151. The lowest BCUT2D eigenvalue weighted by atomic mass is 9.84. The van der Waals surface area contributed by atoms with Crippen LogP contribution in [0.4, 0.5) is 0 Å². The number of hydrogen-bond donors (Lipinski definition) is 1. The van der Waals surface area contributed by atoms with Gasteiger partial charge < -0.3 is 9.84 Å². The van der Waals surface area contributed by atoms with Gasteiger partial charge in [0.2, 0.25) is 0 Å². The highest BCUT2D eigenvalue weighted by Crippen LogP contribution is 2.34. The van der Waals surface area contributed by atoms with Gasteiger partial charge in [-0.15, -0.1) is 0 Å². The quantitative estimate of drug-likeness (QED) is 0.114. The zero-order valence-corrected chi connectivity index (χ0v) is 26.0. The minimum atomic E-state index is -0.377. The molecule has 0 bridgehead atoms. The Morgan fingerprint density at radius 3 is 2.22 bits per heavy atom. The molecule has 0 fully saturated rings. The van der Waals surface area contributed by atoms with Crippen molar-refractivity contribution < 1.29 is 9.84 Å². The summed E-state index contributed by atoms with van der Waals surface area (Å²) in [5.74, 6) is 2.79. The Morgan fingerprint density at radius 1 is 0.892 bits per heavy atom. The molecular weight excluding hydrogens is 452 g/mol. The van der Waals surface area contributed by atoms with Gasteiger partial charge in [-0.25, -0.2) is 0 Å². The van der Waals surface area contributed by atoms with Crippen molar-refractivity contribution in [2.75, 3.05) is 6.61 Å². The molecule has 1 aliphatic rings. The van der Waals surface area contributed by atoms with E-state index < -0.39 is 0 Å². The molecule has 0 aromatic rings. The van der Waals surface area contributed by atoms with E-state index >= 15 is 0 Å². The van der Waals surface area contributed by atoms with Crippen LogP contribution in [-0.4, -0.2) is 17.8 Å². The van der Waals surface area contributed by atoms with Crippen LogP contribution in [0.3, 0.4) is 0 Å². The van der Waals surface area contributed by atoms with E-state index in [1.54, 1.807) is 5.57 Å². The SMILES string of the molecule is CCCCC=C(C)CCCC(C)CCCC(C)CCC1=CC(O)C(C)C(C)=C1OCCCCCCCC. The van der Waals surface area contributed by atoms with Crippen LogP contribution in [0, 0.1) is 17.8 Å². The first kappa shape index (κ1) is 34.0. The van der Waals surface area contributed by atoms with Gasteiger partial charge in [-0.05, 0) is 81.4 Å². The van der Waals surface area contributed by atoms with Crippen LogP contribution in [0.15, 0.2) is 34.6 Å². The normalized spacial score (nSPS) is 20.2. The Balaban J connectivity index is 2.35. The van der Waals surface area contributed by atoms with Crippen molar-refractivity contribution in [3.05, 3.63) is 34.6 Å². The molecule has 4 atom stereocenters. The third kappa shape index (κ3) is 15.2. The first-order valence-electron chi connectivity index (χ1n) is 16.2. The molecule has 2 nitrogen and oxygen atoms in total. The molecule has 0 saturated carbocycles. The van der Waals surface area contributed by atoms with Gasteiger partial charge in [-0.2, -0.15) is 0 Å². The van der Waals surface area contributed by atoms with Crippen molar-refractivity contribution in [1.29, 1.82) is 0 Å². The summed E-state index contributed by atoms with van der Waals surface area (Å²) in [4.78, 5) is 0. The average molecular weight is 517 g/mol. The maximum absolute atomic E-state index is 10.6. The minimum Gasteiger partial charge on any atom is -0.493 e.